The topological polar surface area (TPSA) is 67.2 Å². The molecule has 3 aromatic rings. The Morgan fingerprint density at radius 2 is 1.79 bits per heavy atom. The molecule has 2 aromatic heterocycles. The number of hydrogen-bond acceptors (Lipinski definition) is 5. The number of carbonyl (C=O) groups is 1. The zero-order chi connectivity index (χ0) is 22.8. The van der Waals surface area contributed by atoms with E-state index < -0.39 is 0 Å². The lowest BCUT2D eigenvalue weighted by Gasteiger charge is -2.40. The number of amides is 1. The van der Waals surface area contributed by atoms with Crippen molar-refractivity contribution in [3.63, 3.8) is 0 Å². The van der Waals surface area contributed by atoms with Gasteiger partial charge in [-0.05, 0) is 63.9 Å². The van der Waals surface area contributed by atoms with Crippen LogP contribution >= 0.6 is 0 Å². The van der Waals surface area contributed by atoms with Crippen LogP contribution in [0.3, 0.4) is 0 Å². The summed E-state index contributed by atoms with van der Waals surface area (Å²) < 4.78 is 15.8. The molecule has 0 spiro atoms. The van der Waals surface area contributed by atoms with Gasteiger partial charge in [-0.15, -0.1) is 0 Å². The molecule has 1 aromatic carbocycles. The van der Waals surface area contributed by atoms with Gasteiger partial charge in [0.15, 0.2) is 0 Å². The summed E-state index contributed by atoms with van der Waals surface area (Å²) in [5, 5.41) is 4.39. The van der Waals surface area contributed by atoms with E-state index in [1.54, 1.807) is 41.3 Å². The zero-order valence-electron chi connectivity index (χ0n) is 19.0. The van der Waals surface area contributed by atoms with Crippen LogP contribution in [0.5, 0.6) is 0 Å². The lowest BCUT2D eigenvalue weighted by Crippen LogP contribution is -2.48. The van der Waals surface area contributed by atoms with Crippen molar-refractivity contribution in [2.75, 3.05) is 26.2 Å². The summed E-state index contributed by atoms with van der Waals surface area (Å²) in [6.07, 6.45) is 9.13. The van der Waals surface area contributed by atoms with E-state index in [0.29, 0.717) is 34.5 Å². The Morgan fingerprint density at radius 1 is 1.03 bits per heavy atom. The Hall–Kier alpha value is -3.13. The van der Waals surface area contributed by atoms with Gasteiger partial charge in [0.2, 0.25) is 0 Å². The number of aromatic nitrogens is 4. The highest BCUT2D eigenvalue weighted by molar-refractivity contribution is 5.95. The van der Waals surface area contributed by atoms with Crippen LogP contribution in [0.2, 0.25) is 0 Å². The fourth-order valence-electron chi connectivity index (χ4n) is 4.98. The monoisotopic (exact) mass is 448 g/mol. The summed E-state index contributed by atoms with van der Waals surface area (Å²) in [7, 11) is 0. The molecule has 4 heterocycles. The van der Waals surface area contributed by atoms with E-state index in [2.05, 4.69) is 20.0 Å². The second kappa shape index (κ2) is 9.39. The molecule has 2 aliphatic rings. The van der Waals surface area contributed by atoms with Gasteiger partial charge in [0.05, 0.1) is 23.1 Å². The van der Waals surface area contributed by atoms with Gasteiger partial charge in [0.25, 0.3) is 11.9 Å². The first-order valence-electron chi connectivity index (χ1n) is 11.8. The zero-order valence-corrected chi connectivity index (χ0v) is 19.0. The maximum atomic E-state index is 14.2. The van der Waals surface area contributed by atoms with Gasteiger partial charge in [-0.1, -0.05) is 18.6 Å². The van der Waals surface area contributed by atoms with Gasteiger partial charge in [0, 0.05) is 30.9 Å². The van der Waals surface area contributed by atoms with E-state index in [9.17, 15) is 9.18 Å². The van der Waals surface area contributed by atoms with Crippen LogP contribution in [0.25, 0.3) is 17.2 Å². The predicted molar refractivity (Wildman–Crippen MR) is 124 cm³/mol. The molecular weight excluding hydrogens is 419 g/mol. The van der Waals surface area contributed by atoms with E-state index in [1.807, 2.05) is 11.8 Å². The van der Waals surface area contributed by atoms with Crippen LogP contribution in [0.15, 0.2) is 42.7 Å². The number of rotatable bonds is 4. The number of halogens is 1. The molecule has 0 atom stereocenters. The van der Waals surface area contributed by atoms with E-state index in [1.165, 1.54) is 38.4 Å². The number of carbonyl (C=O) groups excluding carboxylic acids is 1. The Morgan fingerprint density at radius 3 is 2.55 bits per heavy atom. The summed E-state index contributed by atoms with van der Waals surface area (Å²) in [6, 6.07) is 8.75. The standard InChI is InChI=1S/C25H29FN6O/c1-18-21(24(33)31-15-10-19(11-16-31)30-13-5-2-6-14-30)17-28-32(18)25-27-12-9-23(29-25)20-7-3-4-8-22(20)26/h3-4,7-9,12,17,19H,2,5-6,10-11,13-16H2,1H3. The smallest absolute Gasteiger partial charge is 0.257 e. The number of hydrogen-bond donors (Lipinski definition) is 0. The lowest BCUT2D eigenvalue weighted by molar-refractivity contribution is 0.0589. The van der Waals surface area contributed by atoms with Gasteiger partial charge in [-0.25, -0.2) is 19.0 Å². The van der Waals surface area contributed by atoms with E-state index >= 15 is 0 Å². The van der Waals surface area contributed by atoms with E-state index in [-0.39, 0.29) is 11.7 Å². The number of benzene rings is 1. The second-order valence-corrected chi connectivity index (χ2v) is 8.90. The Kier molecular flexibility index (Phi) is 6.17. The minimum atomic E-state index is -0.344. The molecule has 0 aliphatic carbocycles. The number of nitrogens with zero attached hydrogens (tertiary/aromatic N) is 6. The normalized spacial score (nSPS) is 17.9. The van der Waals surface area contributed by atoms with Crippen molar-refractivity contribution >= 4 is 5.91 Å². The third-order valence-electron chi connectivity index (χ3n) is 6.88. The fourth-order valence-corrected chi connectivity index (χ4v) is 4.98. The molecule has 5 rings (SSSR count). The molecule has 2 aliphatic heterocycles. The highest BCUT2D eigenvalue weighted by Crippen LogP contribution is 2.24. The molecule has 0 saturated carbocycles. The van der Waals surface area contributed by atoms with Crippen LogP contribution in [0.4, 0.5) is 4.39 Å². The van der Waals surface area contributed by atoms with Gasteiger partial charge >= 0.3 is 0 Å². The summed E-state index contributed by atoms with van der Waals surface area (Å²) in [5.74, 6) is -0.0274. The molecule has 0 N–H and O–H groups in total. The minimum Gasteiger partial charge on any atom is -0.338 e. The maximum Gasteiger partial charge on any atom is 0.257 e. The lowest BCUT2D eigenvalue weighted by atomic mass is 9.99. The van der Waals surface area contributed by atoms with Gasteiger partial charge in [-0.2, -0.15) is 5.10 Å². The molecule has 2 fully saturated rings. The minimum absolute atomic E-state index is 0.00102. The second-order valence-electron chi connectivity index (χ2n) is 8.90. The summed E-state index contributed by atoms with van der Waals surface area (Å²) in [6.45, 7) is 5.76. The summed E-state index contributed by atoms with van der Waals surface area (Å²) >= 11 is 0. The Balaban J connectivity index is 1.31. The van der Waals surface area contributed by atoms with Gasteiger partial charge in [0.1, 0.15) is 5.82 Å². The molecule has 7 nitrogen and oxygen atoms in total. The average molecular weight is 449 g/mol. The average Bonchev–Trinajstić information content (AvgIpc) is 3.26. The predicted octanol–water partition coefficient (Wildman–Crippen LogP) is 3.87. The Bertz CT molecular complexity index is 1130. The van der Waals surface area contributed by atoms with Crippen LogP contribution < -0.4 is 0 Å². The molecule has 0 bridgehead atoms. The van der Waals surface area contributed by atoms with Gasteiger partial charge in [-0.3, -0.25) is 4.79 Å². The summed E-state index contributed by atoms with van der Waals surface area (Å²) in [4.78, 5) is 26.6. The molecule has 0 unspecified atom stereocenters. The Labute approximate surface area is 193 Å². The molecule has 1 amide bonds. The van der Waals surface area contributed by atoms with Crippen LogP contribution in [0.1, 0.15) is 48.2 Å². The third-order valence-corrected chi connectivity index (χ3v) is 6.88. The third kappa shape index (κ3) is 4.39. The quantitative estimate of drug-likeness (QED) is 0.606. The van der Waals surface area contributed by atoms with Crippen molar-refractivity contribution in [3.8, 4) is 17.2 Å². The van der Waals surface area contributed by atoms with Crippen molar-refractivity contribution in [2.24, 2.45) is 0 Å². The van der Waals surface area contributed by atoms with E-state index in [0.717, 1.165) is 25.9 Å². The molecule has 33 heavy (non-hydrogen) atoms. The first-order chi connectivity index (χ1) is 16.1. The van der Waals surface area contributed by atoms with Crippen molar-refractivity contribution in [2.45, 2.75) is 45.1 Å². The molecule has 0 radical (unpaired) electrons. The fraction of sp³-hybridized carbons (Fsp3) is 0.440. The van der Waals surface area contributed by atoms with Crippen molar-refractivity contribution < 1.29 is 9.18 Å². The van der Waals surface area contributed by atoms with Crippen LogP contribution in [-0.4, -0.2) is 67.7 Å². The summed E-state index contributed by atoms with van der Waals surface area (Å²) in [5.41, 5.74) is 2.12. The molecule has 172 valence electrons. The highest BCUT2D eigenvalue weighted by Gasteiger charge is 2.29. The van der Waals surface area contributed by atoms with Crippen molar-refractivity contribution in [1.82, 2.24) is 29.5 Å². The van der Waals surface area contributed by atoms with Gasteiger partial charge < -0.3 is 9.80 Å². The van der Waals surface area contributed by atoms with Crippen LogP contribution in [0, 0.1) is 12.7 Å². The van der Waals surface area contributed by atoms with Crippen molar-refractivity contribution in [3.05, 3.63) is 59.8 Å². The van der Waals surface area contributed by atoms with E-state index in [4.69, 9.17) is 0 Å². The number of likely N-dealkylation sites (tertiary alicyclic amines) is 2. The van der Waals surface area contributed by atoms with Crippen molar-refractivity contribution in [1.29, 1.82) is 0 Å². The first kappa shape index (κ1) is 21.7. The first-order valence-corrected chi connectivity index (χ1v) is 11.8. The molecular formula is C25H29FN6O. The molecule has 2 saturated heterocycles. The van der Waals surface area contributed by atoms with Crippen LogP contribution in [-0.2, 0) is 0 Å². The molecule has 8 heteroatoms. The highest BCUT2D eigenvalue weighted by atomic mass is 19.1. The number of piperidine rings is 2. The maximum absolute atomic E-state index is 14.2. The SMILES string of the molecule is Cc1c(C(=O)N2CCC(N3CCCCC3)CC2)cnn1-c1nccc(-c2ccccc2F)n1. The largest absolute Gasteiger partial charge is 0.338 e.